The molecule has 6 nitrogen and oxygen atoms in total. The fraction of sp³-hybridized carbons (Fsp3) is 0.227. The zero-order valence-electron chi connectivity index (χ0n) is 15.7. The predicted octanol–water partition coefficient (Wildman–Crippen LogP) is 3.75. The molecule has 2 N–H and O–H groups in total. The third kappa shape index (κ3) is 3.29. The van der Waals surface area contributed by atoms with E-state index in [0.29, 0.717) is 23.4 Å². The number of benzene rings is 1. The van der Waals surface area contributed by atoms with Crippen LogP contribution < -0.4 is 10.9 Å². The number of anilines is 1. The van der Waals surface area contributed by atoms with E-state index < -0.39 is 11.5 Å². The molecule has 4 rings (SSSR count). The smallest absolute Gasteiger partial charge is 0.261 e. The first-order valence-corrected chi connectivity index (χ1v) is 9.14. The van der Waals surface area contributed by atoms with Crippen molar-refractivity contribution >= 4 is 17.4 Å². The summed E-state index contributed by atoms with van der Waals surface area (Å²) in [6.07, 6.45) is 2.34. The quantitative estimate of drug-likeness (QED) is 0.728. The van der Waals surface area contributed by atoms with Gasteiger partial charge in [0.05, 0.1) is 6.26 Å². The van der Waals surface area contributed by atoms with Crippen LogP contribution in [0.4, 0.5) is 5.69 Å². The Labute approximate surface area is 161 Å². The summed E-state index contributed by atoms with van der Waals surface area (Å²) in [5, 5.41) is 2.78. The van der Waals surface area contributed by atoms with Gasteiger partial charge in [-0.05, 0) is 55.7 Å². The summed E-state index contributed by atoms with van der Waals surface area (Å²) >= 11 is 0. The van der Waals surface area contributed by atoms with Crippen LogP contribution in [0.5, 0.6) is 0 Å². The van der Waals surface area contributed by atoms with Crippen LogP contribution >= 0.6 is 0 Å². The van der Waals surface area contributed by atoms with Crippen LogP contribution in [0.1, 0.15) is 55.6 Å². The van der Waals surface area contributed by atoms with Gasteiger partial charge in [0.25, 0.3) is 11.5 Å². The molecule has 142 valence electrons. The van der Waals surface area contributed by atoms with Crippen LogP contribution in [0.15, 0.2) is 51.9 Å². The minimum atomic E-state index is -0.529. The second kappa shape index (κ2) is 6.96. The van der Waals surface area contributed by atoms with E-state index in [1.165, 1.54) is 6.07 Å². The molecule has 0 saturated carbocycles. The van der Waals surface area contributed by atoms with Crippen LogP contribution in [0.2, 0.25) is 0 Å². The normalized spacial score (nSPS) is 15.9. The van der Waals surface area contributed by atoms with Gasteiger partial charge < -0.3 is 14.7 Å². The van der Waals surface area contributed by atoms with E-state index in [4.69, 9.17) is 4.42 Å². The second-order valence-electron chi connectivity index (χ2n) is 7.22. The number of H-pyrrole nitrogens is 1. The molecule has 0 bridgehead atoms. The van der Waals surface area contributed by atoms with Gasteiger partial charge in [-0.2, -0.15) is 0 Å². The summed E-state index contributed by atoms with van der Waals surface area (Å²) in [6.45, 7) is 3.80. The minimum absolute atomic E-state index is 0.0653. The first-order valence-electron chi connectivity index (χ1n) is 9.14. The van der Waals surface area contributed by atoms with E-state index in [-0.39, 0.29) is 23.7 Å². The van der Waals surface area contributed by atoms with E-state index in [1.54, 1.807) is 12.3 Å². The maximum absolute atomic E-state index is 12.7. The van der Waals surface area contributed by atoms with Crippen LogP contribution in [-0.4, -0.2) is 16.7 Å². The molecular weight excluding hydrogens is 356 g/mol. The highest BCUT2D eigenvalue weighted by molar-refractivity contribution is 6.07. The number of fused-ring (bicyclic) bond motifs is 1. The summed E-state index contributed by atoms with van der Waals surface area (Å²) < 4.78 is 5.41. The summed E-state index contributed by atoms with van der Waals surface area (Å²) in [7, 11) is 0. The molecular formula is C22H20N2O4. The number of aryl methyl sites for hydroxylation is 2. The Morgan fingerprint density at radius 2 is 1.96 bits per heavy atom. The number of pyridine rings is 1. The number of Topliss-reactive ketones (excluding diaryl/α,β-unsaturated/α-hetero) is 1. The number of carbonyl (C=O) groups is 2. The molecule has 1 amide bonds. The number of hydrogen-bond donors (Lipinski definition) is 2. The van der Waals surface area contributed by atoms with Crippen molar-refractivity contribution in [1.82, 2.24) is 4.98 Å². The Morgan fingerprint density at radius 1 is 1.14 bits per heavy atom. The fourth-order valence-corrected chi connectivity index (χ4v) is 3.58. The molecule has 1 aliphatic carbocycles. The summed E-state index contributed by atoms with van der Waals surface area (Å²) in [5.41, 5.74) is 2.91. The van der Waals surface area contributed by atoms with E-state index in [2.05, 4.69) is 10.3 Å². The monoisotopic (exact) mass is 376 g/mol. The highest BCUT2D eigenvalue weighted by Gasteiger charge is 2.30. The molecule has 2 heterocycles. The molecule has 0 saturated heterocycles. The van der Waals surface area contributed by atoms with E-state index in [1.807, 2.05) is 38.1 Å². The van der Waals surface area contributed by atoms with Crippen molar-refractivity contribution < 1.29 is 14.0 Å². The molecule has 0 radical (unpaired) electrons. The predicted molar refractivity (Wildman–Crippen MR) is 105 cm³/mol. The summed E-state index contributed by atoms with van der Waals surface area (Å²) in [4.78, 5) is 40.6. The largest absolute Gasteiger partial charge is 0.469 e. The van der Waals surface area contributed by atoms with E-state index in [0.717, 1.165) is 16.9 Å². The van der Waals surface area contributed by atoms with Gasteiger partial charge in [-0.15, -0.1) is 0 Å². The molecule has 2 aromatic heterocycles. The molecule has 0 unspecified atom stereocenters. The molecule has 0 aliphatic heterocycles. The molecule has 6 heteroatoms. The van der Waals surface area contributed by atoms with Crippen molar-refractivity contribution in [2.24, 2.45) is 0 Å². The van der Waals surface area contributed by atoms with Crippen LogP contribution in [-0.2, 0) is 6.42 Å². The van der Waals surface area contributed by atoms with Crippen LogP contribution in [0.3, 0.4) is 0 Å². The molecule has 0 fully saturated rings. The SMILES string of the molecule is Cc1ccc(C)c(NC(=O)c2cc3c([nH]c2=O)C[C@H](c2ccco2)CC3=O)c1. The van der Waals surface area contributed by atoms with Gasteiger partial charge in [0.2, 0.25) is 0 Å². The fourth-order valence-electron chi connectivity index (χ4n) is 3.58. The average molecular weight is 376 g/mol. The number of hydrogen-bond acceptors (Lipinski definition) is 4. The zero-order chi connectivity index (χ0) is 19.8. The van der Waals surface area contributed by atoms with Gasteiger partial charge in [0, 0.05) is 29.3 Å². The lowest BCUT2D eigenvalue weighted by atomic mass is 9.84. The Hall–Kier alpha value is -3.41. The topological polar surface area (TPSA) is 92.2 Å². The summed E-state index contributed by atoms with van der Waals surface area (Å²) in [6, 6.07) is 10.7. The zero-order valence-corrected chi connectivity index (χ0v) is 15.7. The highest BCUT2D eigenvalue weighted by atomic mass is 16.3. The third-order valence-corrected chi connectivity index (χ3v) is 5.14. The summed E-state index contributed by atoms with van der Waals surface area (Å²) in [5.74, 6) is -0.0322. The number of ketones is 1. The lowest BCUT2D eigenvalue weighted by Crippen LogP contribution is -2.29. The van der Waals surface area contributed by atoms with Gasteiger partial charge in [0.1, 0.15) is 11.3 Å². The number of aromatic nitrogens is 1. The Bertz CT molecular complexity index is 1130. The Morgan fingerprint density at radius 3 is 2.71 bits per heavy atom. The van der Waals surface area contributed by atoms with Gasteiger partial charge in [-0.1, -0.05) is 12.1 Å². The Balaban J connectivity index is 1.65. The standard InChI is InChI=1S/C22H20N2O4/c1-12-5-6-13(2)17(8-12)23-21(26)16-11-15-18(24-22(16)27)9-14(10-19(15)25)20-4-3-7-28-20/h3-8,11,14H,9-10H2,1-2H3,(H,23,26)(H,24,27)/t14-/m0/s1. The number of rotatable bonds is 3. The lowest BCUT2D eigenvalue weighted by Gasteiger charge is -2.22. The number of amides is 1. The molecule has 3 aromatic rings. The van der Waals surface area contributed by atoms with Crippen molar-refractivity contribution in [3.05, 3.63) is 86.7 Å². The number of nitrogens with one attached hydrogen (secondary N) is 2. The Kier molecular flexibility index (Phi) is 4.47. The van der Waals surface area contributed by atoms with Crippen molar-refractivity contribution in [2.45, 2.75) is 32.6 Å². The molecule has 1 aromatic carbocycles. The number of aromatic amines is 1. The van der Waals surface area contributed by atoms with Crippen molar-refractivity contribution in [3.63, 3.8) is 0 Å². The van der Waals surface area contributed by atoms with Gasteiger partial charge in [0.15, 0.2) is 5.78 Å². The molecule has 1 aliphatic rings. The lowest BCUT2D eigenvalue weighted by molar-refractivity contribution is 0.0959. The first-order chi connectivity index (χ1) is 13.4. The molecule has 1 atom stereocenters. The van der Waals surface area contributed by atoms with Crippen molar-refractivity contribution in [1.29, 1.82) is 0 Å². The van der Waals surface area contributed by atoms with Gasteiger partial charge >= 0.3 is 0 Å². The van der Waals surface area contributed by atoms with Gasteiger partial charge in [-0.3, -0.25) is 14.4 Å². The van der Waals surface area contributed by atoms with E-state index >= 15 is 0 Å². The number of furan rings is 1. The first kappa shape index (κ1) is 18.0. The average Bonchev–Trinajstić information content (AvgIpc) is 3.18. The number of carbonyl (C=O) groups excluding carboxylic acids is 2. The van der Waals surface area contributed by atoms with Crippen molar-refractivity contribution in [3.8, 4) is 0 Å². The maximum atomic E-state index is 12.7. The van der Waals surface area contributed by atoms with Crippen LogP contribution in [0, 0.1) is 13.8 Å². The van der Waals surface area contributed by atoms with Gasteiger partial charge in [-0.25, -0.2) is 0 Å². The third-order valence-electron chi connectivity index (χ3n) is 5.14. The maximum Gasteiger partial charge on any atom is 0.261 e. The molecule has 28 heavy (non-hydrogen) atoms. The minimum Gasteiger partial charge on any atom is -0.469 e. The highest BCUT2D eigenvalue weighted by Crippen LogP contribution is 2.31. The second-order valence-corrected chi connectivity index (χ2v) is 7.22. The van der Waals surface area contributed by atoms with Crippen molar-refractivity contribution in [2.75, 3.05) is 5.32 Å². The molecule has 0 spiro atoms. The van der Waals surface area contributed by atoms with Crippen LogP contribution in [0.25, 0.3) is 0 Å². The van der Waals surface area contributed by atoms with E-state index in [9.17, 15) is 14.4 Å².